The number of ether oxygens (including phenoxy) is 2. The second-order valence-electron chi connectivity index (χ2n) is 6.69. The van der Waals surface area contributed by atoms with Crippen molar-refractivity contribution in [3.63, 3.8) is 0 Å². The van der Waals surface area contributed by atoms with E-state index < -0.39 is 35.1 Å². The maximum Gasteiger partial charge on any atom is 0.416 e. The number of halogens is 5. The molecule has 2 heterocycles. The van der Waals surface area contributed by atoms with Crippen molar-refractivity contribution in [2.45, 2.75) is 24.8 Å². The van der Waals surface area contributed by atoms with Crippen LogP contribution < -0.4 is 4.74 Å². The molecule has 152 valence electrons. The summed E-state index contributed by atoms with van der Waals surface area (Å²) in [6, 6.07) is 7.83. The molecule has 1 saturated heterocycles. The first kappa shape index (κ1) is 19.4. The summed E-state index contributed by atoms with van der Waals surface area (Å²) in [7, 11) is 0. The Kier molecular flexibility index (Phi) is 4.57. The van der Waals surface area contributed by atoms with Crippen molar-refractivity contribution in [2.75, 3.05) is 6.61 Å². The van der Waals surface area contributed by atoms with Crippen LogP contribution in [-0.2, 0) is 16.5 Å². The van der Waals surface area contributed by atoms with Gasteiger partial charge in [-0.2, -0.15) is 13.2 Å². The van der Waals surface area contributed by atoms with E-state index in [1.807, 2.05) is 0 Å². The molecule has 2 aromatic carbocycles. The molecule has 1 fully saturated rings. The summed E-state index contributed by atoms with van der Waals surface area (Å²) in [6.45, 7) is 1.83. The summed E-state index contributed by atoms with van der Waals surface area (Å²) < 4.78 is 78.5. The van der Waals surface area contributed by atoms with Crippen LogP contribution in [0.3, 0.4) is 0 Å². The van der Waals surface area contributed by atoms with Gasteiger partial charge in [0.1, 0.15) is 17.7 Å². The van der Waals surface area contributed by atoms with Crippen LogP contribution in [-0.4, -0.2) is 22.3 Å². The normalized spacial score (nSPS) is 19.8. The van der Waals surface area contributed by atoms with E-state index in [2.05, 4.69) is 4.98 Å². The van der Waals surface area contributed by atoms with Gasteiger partial charge in [-0.1, -0.05) is 6.07 Å². The number of aromatic nitrogens is 2. The summed E-state index contributed by atoms with van der Waals surface area (Å²) in [5.41, 5.74) is -1.28. The zero-order valence-corrected chi connectivity index (χ0v) is 15.1. The highest BCUT2D eigenvalue weighted by molar-refractivity contribution is 5.38. The molecular weight excluding hydrogens is 395 g/mol. The van der Waals surface area contributed by atoms with Gasteiger partial charge < -0.3 is 9.47 Å². The third kappa shape index (κ3) is 3.57. The van der Waals surface area contributed by atoms with Crippen molar-refractivity contribution in [3.05, 3.63) is 77.6 Å². The number of hydrogen-bond donors (Lipinski definition) is 0. The number of epoxide rings is 1. The van der Waals surface area contributed by atoms with Gasteiger partial charge in [0.2, 0.25) is 0 Å². The number of alkyl halides is 3. The fourth-order valence-electron chi connectivity index (χ4n) is 3.16. The number of nitrogens with zero attached hydrogens (tertiary/aromatic N) is 2. The van der Waals surface area contributed by atoms with E-state index >= 15 is 0 Å². The first-order valence-electron chi connectivity index (χ1n) is 8.68. The Balaban J connectivity index is 1.58. The molecule has 4 nitrogen and oxygen atoms in total. The summed E-state index contributed by atoms with van der Waals surface area (Å²) in [6.07, 6.45) is -2.17. The molecule has 1 aliphatic rings. The molecule has 0 spiro atoms. The van der Waals surface area contributed by atoms with E-state index in [4.69, 9.17) is 9.47 Å². The second kappa shape index (κ2) is 6.84. The zero-order chi connectivity index (χ0) is 20.8. The maximum atomic E-state index is 14.2. The molecule has 2 atom stereocenters. The Morgan fingerprint density at radius 2 is 1.83 bits per heavy atom. The molecule has 1 aliphatic heterocycles. The molecule has 0 radical (unpaired) electrons. The van der Waals surface area contributed by atoms with E-state index in [1.165, 1.54) is 35.2 Å². The third-order valence-corrected chi connectivity index (χ3v) is 4.86. The van der Waals surface area contributed by atoms with E-state index in [9.17, 15) is 22.0 Å². The predicted octanol–water partition coefficient (Wildman–Crippen LogP) is 4.86. The van der Waals surface area contributed by atoms with Crippen LogP contribution in [0.4, 0.5) is 22.0 Å². The molecule has 1 aromatic heterocycles. The minimum Gasteiger partial charge on any atom is -0.458 e. The van der Waals surface area contributed by atoms with Crippen LogP contribution in [0.15, 0.2) is 54.9 Å². The van der Waals surface area contributed by atoms with Crippen molar-refractivity contribution in [2.24, 2.45) is 0 Å². The summed E-state index contributed by atoms with van der Waals surface area (Å²) in [5, 5.41) is 0. The van der Waals surface area contributed by atoms with Gasteiger partial charge in [0.05, 0.1) is 17.9 Å². The highest BCUT2D eigenvalue weighted by Gasteiger charge is 2.54. The van der Waals surface area contributed by atoms with Gasteiger partial charge in [0, 0.05) is 24.0 Å². The maximum absolute atomic E-state index is 14.2. The molecule has 0 unspecified atom stereocenters. The van der Waals surface area contributed by atoms with Crippen LogP contribution >= 0.6 is 0 Å². The number of rotatable bonds is 5. The SMILES string of the molecule is C[C@@H](Oc1nccn1-c1ccc(C(F)(F)F)cc1)[C@]1(c2ccc(F)cc2F)CO1. The monoisotopic (exact) mass is 410 g/mol. The number of hydrogen-bond acceptors (Lipinski definition) is 3. The Morgan fingerprint density at radius 1 is 1.14 bits per heavy atom. The van der Waals surface area contributed by atoms with Crippen LogP contribution in [0.2, 0.25) is 0 Å². The van der Waals surface area contributed by atoms with E-state index in [-0.39, 0.29) is 18.2 Å². The number of benzene rings is 2. The van der Waals surface area contributed by atoms with Gasteiger partial charge in [0.15, 0.2) is 5.60 Å². The predicted molar refractivity (Wildman–Crippen MR) is 92.6 cm³/mol. The highest BCUT2D eigenvalue weighted by atomic mass is 19.4. The molecule has 0 N–H and O–H groups in total. The number of imidazole rings is 1. The minimum absolute atomic E-state index is 0.106. The molecule has 29 heavy (non-hydrogen) atoms. The third-order valence-electron chi connectivity index (χ3n) is 4.86. The highest BCUT2D eigenvalue weighted by Crippen LogP contribution is 2.44. The summed E-state index contributed by atoms with van der Waals surface area (Å²) in [5.74, 6) is -1.45. The lowest BCUT2D eigenvalue weighted by atomic mass is 9.94. The van der Waals surface area contributed by atoms with Gasteiger partial charge in [-0.15, -0.1) is 0 Å². The topological polar surface area (TPSA) is 39.6 Å². The van der Waals surface area contributed by atoms with Crippen molar-refractivity contribution in [1.82, 2.24) is 9.55 Å². The van der Waals surface area contributed by atoms with Crippen molar-refractivity contribution in [3.8, 4) is 11.7 Å². The molecule has 0 aliphatic carbocycles. The van der Waals surface area contributed by atoms with Gasteiger partial charge in [-0.3, -0.25) is 4.57 Å². The average Bonchev–Trinajstić information content (AvgIpc) is 3.34. The van der Waals surface area contributed by atoms with Crippen molar-refractivity contribution < 1.29 is 31.4 Å². The van der Waals surface area contributed by atoms with Crippen LogP contribution in [0.25, 0.3) is 5.69 Å². The molecule has 0 saturated carbocycles. The lowest BCUT2D eigenvalue weighted by Gasteiger charge is -2.22. The fraction of sp³-hybridized carbons (Fsp3) is 0.250. The Hall–Kier alpha value is -2.94. The van der Waals surface area contributed by atoms with E-state index in [0.29, 0.717) is 5.69 Å². The van der Waals surface area contributed by atoms with Gasteiger partial charge in [-0.25, -0.2) is 13.8 Å². The minimum atomic E-state index is -4.43. The fourth-order valence-corrected chi connectivity index (χ4v) is 3.16. The Labute approximate surface area is 162 Å². The lowest BCUT2D eigenvalue weighted by Crippen LogP contribution is -2.32. The molecule has 3 aromatic rings. The molecular formula is C20H15F5N2O2. The zero-order valence-electron chi connectivity index (χ0n) is 15.1. The Bertz CT molecular complexity index is 1030. The second-order valence-corrected chi connectivity index (χ2v) is 6.69. The summed E-state index contributed by atoms with van der Waals surface area (Å²) in [4.78, 5) is 4.08. The van der Waals surface area contributed by atoms with E-state index in [0.717, 1.165) is 24.3 Å². The van der Waals surface area contributed by atoms with Crippen LogP contribution in [0.1, 0.15) is 18.1 Å². The van der Waals surface area contributed by atoms with Crippen LogP contribution in [0, 0.1) is 11.6 Å². The first-order chi connectivity index (χ1) is 13.7. The Morgan fingerprint density at radius 3 is 2.41 bits per heavy atom. The van der Waals surface area contributed by atoms with Gasteiger partial charge in [-0.05, 0) is 37.3 Å². The average molecular weight is 410 g/mol. The standard InChI is InChI=1S/C20H15F5N2O2/c1-12(19(11-28-19)16-7-4-14(21)10-17(16)22)29-18-26-8-9-27(18)15-5-2-13(3-6-15)20(23,24)25/h2-10,12H,11H2,1H3/t12-,19+/m1/s1. The molecule has 4 rings (SSSR count). The van der Waals surface area contributed by atoms with Crippen molar-refractivity contribution >= 4 is 0 Å². The van der Waals surface area contributed by atoms with Gasteiger partial charge in [0.25, 0.3) is 0 Å². The summed E-state index contributed by atoms with van der Waals surface area (Å²) >= 11 is 0. The van der Waals surface area contributed by atoms with Crippen LogP contribution in [0.5, 0.6) is 6.01 Å². The van der Waals surface area contributed by atoms with E-state index in [1.54, 1.807) is 6.92 Å². The largest absolute Gasteiger partial charge is 0.458 e. The smallest absolute Gasteiger partial charge is 0.416 e. The van der Waals surface area contributed by atoms with Gasteiger partial charge >= 0.3 is 12.2 Å². The first-order valence-corrected chi connectivity index (χ1v) is 8.68. The molecule has 0 bridgehead atoms. The lowest BCUT2D eigenvalue weighted by molar-refractivity contribution is -0.137. The molecule has 0 amide bonds. The quantitative estimate of drug-likeness (QED) is 0.445. The van der Waals surface area contributed by atoms with Crippen molar-refractivity contribution in [1.29, 1.82) is 0 Å². The molecule has 9 heteroatoms.